The van der Waals surface area contributed by atoms with Crippen LogP contribution in [-0.2, 0) is 6.42 Å². The van der Waals surface area contributed by atoms with E-state index in [-0.39, 0.29) is 18.0 Å². The monoisotopic (exact) mass is 510 g/mol. The van der Waals surface area contributed by atoms with Gasteiger partial charge in [-0.2, -0.15) is 0 Å². The third-order valence-electron chi connectivity index (χ3n) is 7.41. The molecule has 0 radical (unpaired) electrons. The Balaban J connectivity index is 1.33. The van der Waals surface area contributed by atoms with Crippen molar-refractivity contribution in [3.8, 4) is 11.5 Å². The Morgan fingerprint density at radius 2 is 1.76 bits per heavy atom. The van der Waals surface area contributed by atoms with E-state index in [1.807, 2.05) is 36.4 Å². The minimum atomic E-state index is -0.224. The van der Waals surface area contributed by atoms with Crippen LogP contribution >= 0.6 is 0 Å². The molecule has 1 aliphatic rings. The second-order valence-electron chi connectivity index (χ2n) is 9.59. The van der Waals surface area contributed by atoms with Crippen molar-refractivity contribution in [2.24, 2.45) is 0 Å². The quantitative estimate of drug-likeness (QED) is 0.314. The van der Waals surface area contributed by atoms with E-state index >= 15 is 0 Å². The zero-order valence-corrected chi connectivity index (χ0v) is 22.1. The first-order valence-electron chi connectivity index (χ1n) is 13.0. The number of para-hydroxylation sites is 1. The number of ether oxygens (including phenoxy) is 2. The van der Waals surface area contributed by atoms with Gasteiger partial charge in [-0.05, 0) is 47.4 Å². The molecule has 1 aliphatic heterocycles. The first-order valence-corrected chi connectivity index (χ1v) is 13.0. The van der Waals surface area contributed by atoms with Crippen LogP contribution in [0, 0.1) is 0 Å². The third kappa shape index (κ3) is 5.29. The summed E-state index contributed by atoms with van der Waals surface area (Å²) >= 11 is 0. The highest BCUT2D eigenvalue weighted by Crippen LogP contribution is 2.44. The van der Waals surface area contributed by atoms with Crippen molar-refractivity contribution in [2.45, 2.75) is 25.3 Å². The van der Waals surface area contributed by atoms with Crippen LogP contribution in [-0.4, -0.2) is 49.8 Å². The zero-order valence-electron chi connectivity index (χ0n) is 22.1. The highest BCUT2D eigenvalue weighted by Gasteiger charge is 2.33. The van der Waals surface area contributed by atoms with E-state index in [1.54, 1.807) is 20.4 Å². The zero-order chi connectivity index (χ0) is 26.5. The second-order valence-corrected chi connectivity index (χ2v) is 9.59. The predicted molar refractivity (Wildman–Crippen MR) is 151 cm³/mol. The van der Waals surface area contributed by atoms with Gasteiger partial charge in [0.15, 0.2) is 11.5 Å². The summed E-state index contributed by atoms with van der Waals surface area (Å²) in [7, 11) is 3.35. The van der Waals surface area contributed by atoms with Gasteiger partial charge in [0.05, 0.1) is 25.4 Å². The van der Waals surface area contributed by atoms with E-state index in [2.05, 4.69) is 63.8 Å². The molecule has 2 heterocycles. The van der Waals surface area contributed by atoms with Gasteiger partial charge in [0.1, 0.15) is 0 Å². The molecule has 3 aromatic carbocycles. The van der Waals surface area contributed by atoms with Crippen molar-refractivity contribution in [3.63, 3.8) is 0 Å². The molecule has 4 aromatic rings. The molecule has 0 saturated heterocycles. The number of fused-ring (bicyclic) bond motifs is 2. The summed E-state index contributed by atoms with van der Waals surface area (Å²) < 4.78 is 11.2. The van der Waals surface area contributed by atoms with Crippen LogP contribution in [0.3, 0.4) is 0 Å². The van der Waals surface area contributed by atoms with Gasteiger partial charge in [0, 0.05) is 43.2 Å². The average Bonchev–Trinajstić information content (AvgIpc) is 2.96. The number of carbonyl (C=O) groups excluding carboxylic acids is 1. The topological polar surface area (TPSA) is 75.7 Å². The maximum absolute atomic E-state index is 12.8. The SMILES string of the molecule is COc1cc2c(cc1OC)C(C(C)c1ccccc1)N(CCNC(=O)Nc1ccnc3ccccc13)CC2. The third-order valence-corrected chi connectivity index (χ3v) is 7.41. The summed E-state index contributed by atoms with van der Waals surface area (Å²) in [6.45, 7) is 4.41. The summed E-state index contributed by atoms with van der Waals surface area (Å²) in [5.41, 5.74) is 5.40. The molecule has 0 spiro atoms. The van der Waals surface area contributed by atoms with E-state index in [9.17, 15) is 4.79 Å². The molecular weight excluding hydrogens is 476 g/mol. The number of nitrogens with one attached hydrogen (secondary N) is 2. The fourth-order valence-electron chi connectivity index (χ4n) is 5.49. The normalized spacial score (nSPS) is 15.9. The highest BCUT2D eigenvalue weighted by atomic mass is 16.5. The van der Waals surface area contributed by atoms with Gasteiger partial charge in [0.2, 0.25) is 0 Å². The van der Waals surface area contributed by atoms with Crippen molar-refractivity contribution in [1.29, 1.82) is 0 Å². The molecule has 2 unspecified atom stereocenters. The minimum Gasteiger partial charge on any atom is -0.493 e. The molecule has 5 rings (SSSR count). The molecule has 0 fully saturated rings. The lowest BCUT2D eigenvalue weighted by Crippen LogP contribution is -2.43. The van der Waals surface area contributed by atoms with Crippen molar-refractivity contribution >= 4 is 22.6 Å². The number of pyridine rings is 1. The molecule has 7 nitrogen and oxygen atoms in total. The van der Waals surface area contributed by atoms with Gasteiger partial charge in [-0.15, -0.1) is 0 Å². The Labute approximate surface area is 223 Å². The summed E-state index contributed by atoms with van der Waals surface area (Å²) in [4.78, 5) is 19.6. The lowest BCUT2D eigenvalue weighted by Gasteiger charge is -2.41. The number of benzene rings is 3. The van der Waals surface area contributed by atoms with Gasteiger partial charge in [-0.25, -0.2) is 4.79 Å². The Bertz CT molecular complexity index is 1400. The lowest BCUT2D eigenvalue weighted by atomic mass is 9.82. The van der Waals surface area contributed by atoms with Gasteiger partial charge in [0.25, 0.3) is 0 Å². The predicted octanol–water partition coefficient (Wildman–Crippen LogP) is 5.78. The van der Waals surface area contributed by atoms with Gasteiger partial charge >= 0.3 is 6.03 Å². The number of rotatable bonds is 8. The Morgan fingerprint density at radius 3 is 2.55 bits per heavy atom. The van der Waals surface area contributed by atoms with E-state index in [0.29, 0.717) is 6.54 Å². The molecule has 7 heteroatoms. The first-order chi connectivity index (χ1) is 18.6. The number of hydrogen-bond donors (Lipinski definition) is 2. The Kier molecular flexibility index (Phi) is 7.75. The summed E-state index contributed by atoms with van der Waals surface area (Å²) in [5, 5.41) is 6.95. The second kappa shape index (κ2) is 11.5. The number of nitrogens with zero attached hydrogens (tertiary/aromatic N) is 2. The number of hydrogen-bond acceptors (Lipinski definition) is 5. The van der Waals surface area contributed by atoms with Gasteiger partial charge < -0.3 is 20.1 Å². The minimum absolute atomic E-state index is 0.134. The van der Waals surface area contributed by atoms with Crippen LogP contribution in [0.5, 0.6) is 11.5 Å². The molecule has 196 valence electrons. The molecular formula is C31H34N4O3. The van der Waals surface area contributed by atoms with Crippen molar-refractivity contribution in [1.82, 2.24) is 15.2 Å². The van der Waals surface area contributed by atoms with Crippen LogP contribution in [0.2, 0.25) is 0 Å². The summed E-state index contributed by atoms with van der Waals surface area (Å²) in [6, 6.07) is 24.3. The van der Waals surface area contributed by atoms with Crippen molar-refractivity contribution in [3.05, 3.63) is 95.7 Å². The molecule has 38 heavy (non-hydrogen) atoms. The summed E-state index contributed by atoms with van der Waals surface area (Å²) in [5.74, 6) is 1.73. The van der Waals surface area contributed by atoms with Gasteiger partial charge in [-0.1, -0.05) is 55.5 Å². The van der Waals surface area contributed by atoms with Crippen molar-refractivity contribution < 1.29 is 14.3 Å². The Morgan fingerprint density at radius 1 is 1.03 bits per heavy atom. The number of anilines is 1. The van der Waals surface area contributed by atoms with Gasteiger partial charge in [-0.3, -0.25) is 9.88 Å². The summed E-state index contributed by atoms with van der Waals surface area (Å²) in [6.07, 6.45) is 2.62. The Hall–Kier alpha value is -4.10. The largest absolute Gasteiger partial charge is 0.493 e. The highest BCUT2D eigenvalue weighted by molar-refractivity contribution is 6.00. The standard InChI is InChI=1S/C31H34N4O3/c1-21(22-9-5-4-6-10-22)30-25-20-29(38-3)28(37-2)19-23(25)14-17-35(30)18-16-33-31(36)34-27-13-15-32-26-12-8-7-11-24(26)27/h4-13,15,19-21,30H,14,16-18H2,1-3H3,(H2,32,33,34,36). The number of carbonyl (C=O) groups is 1. The molecule has 0 bridgehead atoms. The molecule has 2 amide bonds. The fraction of sp³-hybridized carbons (Fsp3) is 0.290. The number of methoxy groups -OCH3 is 2. The van der Waals surface area contributed by atoms with Crippen LogP contribution in [0.4, 0.5) is 10.5 Å². The number of urea groups is 1. The number of aromatic nitrogens is 1. The van der Waals surface area contributed by atoms with E-state index in [4.69, 9.17) is 9.47 Å². The van der Waals surface area contributed by atoms with Crippen molar-refractivity contribution in [2.75, 3.05) is 39.2 Å². The van der Waals surface area contributed by atoms with Crippen LogP contribution in [0.25, 0.3) is 10.9 Å². The van der Waals surface area contributed by atoms with E-state index in [1.165, 1.54) is 16.7 Å². The van der Waals surface area contributed by atoms with Crippen LogP contribution in [0.1, 0.15) is 35.6 Å². The van der Waals surface area contributed by atoms with Crippen LogP contribution in [0.15, 0.2) is 79.0 Å². The molecule has 0 saturated carbocycles. The maximum atomic E-state index is 12.8. The lowest BCUT2D eigenvalue weighted by molar-refractivity contribution is 0.164. The first kappa shape index (κ1) is 25.5. The fourth-order valence-corrected chi connectivity index (χ4v) is 5.49. The number of amides is 2. The maximum Gasteiger partial charge on any atom is 0.319 e. The smallest absolute Gasteiger partial charge is 0.319 e. The van der Waals surface area contributed by atoms with E-state index < -0.39 is 0 Å². The molecule has 2 N–H and O–H groups in total. The molecule has 2 atom stereocenters. The molecule has 1 aromatic heterocycles. The van der Waals surface area contributed by atoms with Crippen LogP contribution < -0.4 is 20.1 Å². The average molecular weight is 511 g/mol. The molecule has 0 aliphatic carbocycles. The van der Waals surface area contributed by atoms with E-state index in [0.717, 1.165) is 47.6 Å².